The monoisotopic (exact) mass is 282 g/mol. The van der Waals surface area contributed by atoms with Crippen molar-refractivity contribution in [1.29, 1.82) is 0 Å². The zero-order chi connectivity index (χ0) is 13.0. The third kappa shape index (κ3) is 3.32. The molecule has 0 amide bonds. The van der Waals surface area contributed by atoms with E-state index in [1.807, 2.05) is 17.5 Å². The maximum Gasteiger partial charge on any atom is 0.240 e. The molecule has 6 heteroatoms. The van der Waals surface area contributed by atoms with Gasteiger partial charge in [-0.3, -0.25) is 0 Å². The summed E-state index contributed by atoms with van der Waals surface area (Å²) in [6.07, 6.45) is 0.700. The average molecular weight is 282 g/mol. The van der Waals surface area contributed by atoms with E-state index in [1.54, 1.807) is 23.5 Å². The van der Waals surface area contributed by atoms with Gasteiger partial charge in [-0.2, -0.15) is 0 Å². The van der Waals surface area contributed by atoms with Gasteiger partial charge in [-0.25, -0.2) is 13.1 Å². The average Bonchev–Trinajstić information content (AvgIpc) is 2.82. The van der Waals surface area contributed by atoms with Gasteiger partial charge < -0.3 is 5.73 Å². The van der Waals surface area contributed by atoms with Crippen LogP contribution in [0.4, 0.5) is 5.69 Å². The lowest BCUT2D eigenvalue weighted by molar-refractivity contribution is 0.582. The molecule has 96 valence electrons. The van der Waals surface area contributed by atoms with Gasteiger partial charge >= 0.3 is 0 Å². The van der Waals surface area contributed by atoms with Crippen molar-refractivity contribution in [3.05, 3.63) is 46.7 Å². The Hall–Kier alpha value is -1.37. The number of hydrogen-bond donors (Lipinski definition) is 2. The second kappa shape index (κ2) is 5.51. The molecule has 3 N–H and O–H groups in total. The molecule has 2 rings (SSSR count). The lowest BCUT2D eigenvalue weighted by atomic mass is 10.3. The minimum atomic E-state index is -3.43. The van der Waals surface area contributed by atoms with Gasteiger partial charge in [-0.1, -0.05) is 6.07 Å². The Morgan fingerprint density at radius 3 is 2.50 bits per heavy atom. The molecule has 0 fully saturated rings. The maximum absolute atomic E-state index is 11.9. The summed E-state index contributed by atoms with van der Waals surface area (Å²) in [6.45, 7) is 0.396. The van der Waals surface area contributed by atoms with E-state index < -0.39 is 10.0 Å². The minimum Gasteiger partial charge on any atom is -0.399 e. The van der Waals surface area contributed by atoms with Crippen LogP contribution in [0.25, 0.3) is 0 Å². The van der Waals surface area contributed by atoms with E-state index in [2.05, 4.69) is 4.72 Å². The van der Waals surface area contributed by atoms with Gasteiger partial charge in [0.1, 0.15) is 0 Å². The van der Waals surface area contributed by atoms with Crippen LogP contribution in [-0.4, -0.2) is 15.0 Å². The quantitative estimate of drug-likeness (QED) is 0.822. The third-order valence-corrected chi connectivity index (χ3v) is 4.85. The number of hydrogen-bond acceptors (Lipinski definition) is 4. The van der Waals surface area contributed by atoms with Crippen molar-refractivity contribution < 1.29 is 8.42 Å². The van der Waals surface area contributed by atoms with Crippen LogP contribution in [0, 0.1) is 0 Å². The van der Waals surface area contributed by atoms with Crippen LogP contribution in [0.1, 0.15) is 4.88 Å². The highest BCUT2D eigenvalue weighted by Gasteiger charge is 2.12. The predicted octanol–water partition coefficient (Wildman–Crippen LogP) is 1.85. The number of nitrogens with one attached hydrogen (secondary N) is 1. The molecule has 1 heterocycles. The second-order valence-electron chi connectivity index (χ2n) is 3.80. The summed E-state index contributed by atoms with van der Waals surface area (Å²) in [7, 11) is -3.43. The van der Waals surface area contributed by atoms with E-state index in [9.17, 15) is 8.42 Å². The standard InChI is InChI=1S/C12H14N2O2S2/c13-10-3-5-12(6-4-10)18(15,16)14-8-7-11-2-1-9-17-11/h1-6,9,14H,7-8,13H2. The van der Waals surface area contributed by atoms with E-state index in [0.717, 1.165) is 4.88 Å². The topological polar surface area (TPSA) is 72.2 Å². The second-order valence-corrected chi connectivity index (χ2v) is 6.60. The number of sulfonamides is 1. The first kappa shape index (κ1) is 13.1. The summed E-state index contributed by atoms with van der Waals surface area (Å²) in [4.78, 5) is 1.40. The van der Waals surface area contributed by atoms with Crippen LogP contribution in [-0.2, 0) is 16.4 Å². The number of nitrogens with two attached hydrogens (primary N) is 1. The van der Waals surface area contributed by atoms with Crippen molar-refractivity contribution >= 4 is 27.0 Å². The van der Waals surface area contributed by atoms with Gasteiger partial charge in [0.15, 0.2) is 0 Å². The van der Waals surface area contributed by atoms with Crippen LogP contribution in [0.3, 0.4) is 0 Å². The van der Waals surface area contributed by atoms with Crippen LogP contribution in [0.2, 0.25) is 0 Å². The normalized spacial score (nSPS) is 11.6. The molecule has 2 aromatic rings. The predicted molar refractivity (Wildman–Crippen MR) is 74.1 cm³/mol. The first-order valence-electron chi connectivity index (χ1n) is 5.45. The fourth-order valence-electron chi connectivity index (χ4n) is 1.49. The highest BCUT2D eigenvalue weighted by molar-refractivity contribution is 7.89. The lowest BCUT2D eigenvalue weighted by Gasteiger charge is -2.06. The Bertz CT molecular complexity index is 590. The van der Waals surface area contributed by atoms with E-state index in [1.165, 1.54) is 12.1 Å². The van der Waals surface area contributed by atoms with Crippen molar-refractivity contribution in [2.24, 2.45) is 0 Å². The third-order valence-electron chi connectivity index (χ3n) is 2.43. The first-order valence-corrected chi connectivity index (χ1v) is 7.82. The van der Waals surface area contributed by atoms with Crippen LogP contribution in [0.15, 0.2) is 46.7 Å². The van der Waals surface area contributed by atoms with Crippen LogP contribution >= 0.6 is 11.3 Å². The van der Waals surface area contributed by atoms with Gasteiger partial charge in [0.05, 0.1) is 4.90 Å². The minimum absolute atomic E-state index is 0.239. The Morgan fingerprint density at radius 1 is 1.17 bits per heavy atom. The molecule has 0 unspecified atom stereocenters. The molecule has 0 spiro atoms. The molecular formula is C12H14N2O2S2. The largest absolute Gasteiger partial charge is 0.399 e. The van der Waals surface area contributed by atoms with E-state index in [4.69, 9.17) is 5.73 Å². The molecule has 1 aromatic heterocycles. The zero-order valence-corrected chi connectivity index (χ0v) is 11.3. The van der Waals surface area contributed by atoms with Crippen molar-refractivity contribution in [3.8, 4) is 0 Å². The molecule has 0 aliphatic heterocycles. The Morgan fingerprint density at radius 2 is 1.89 bits per heavy atom. The van der Waals surface area contributed by atoms with Crippen molar-refractivity contribution in [3.63, 3.8) is 0 Å². The molecule has 0 saturated heterocycles. The first-order chi connectivity index (χ1) is 8.58. The van der Waals surface area contributed by atoms with Gasteiger partial charge in [0.2, 0.25) is 10.0 Å². The number of thiophene rings is 1. The highest BCUT2D eigenvalue weighted by Crippen LogP contribution is 2.12. The van der Waals surface area contributed by atoms with Crippen LogP contribution in [0.5, 0.6) is 0 Å². The highest BCUT2D eigenvalue weighted by atomic mass is 32.2. The Kier molecular flexibility index (Phi) is 4.00. The Labute approximate surface area is 111 Å². The fraction of sp³-hybridized carbons (Fsp3) is 0.167. The summed E-state index contributed by atoms with van der Waals surface area (Å²) >= 11 is 1.62. The van der Waals surface area contributed by atoms with Crippen molar-refractivity contribution in [2.75, 3.05) is 12.3 Å². The van der Waals surface area contributed by atoms with Gasteiger partial charge in [0.25, 0.3) is 0 Å². The summed E-state index contributed by atoms with van der Waals surface area (Å²) in [5, 5.41) is 1.98. The molecule has 18 heavy (non-hydrogen) atoms. The lowest BCUT2D eigenvalue weighted by Crippen LogP contribution is -2.25. The van der Waals surface area contributed by atoms with E-state index in [-0.39, 0.29) is 4.90 Å². The summed E-state index contributed by atoms with van der Waals surface area (Å²) in [6, 6.07) is 10.1. The van der Waals surface area contributed by atoms with Gasteiger partial charge in [0, 0.05) is 17.1 Å². The fourth-order valence-corrected chi connectivity index (χ4v) is 3.23. The van der Waals surface area contributed by atoms with E-state index >= 15 is 0 Å². The number of benzene rings is 1. The van der Waals surface area contributed by atoms with E-state index in [0.29, 0.717) is 18.7 Å². The molecule has 0 aliphatic carbocycles. The summed E-state index contributed by atoms with van der Waals surface area (Å²) in [5.74, 6) is 0. The molecule has 0 bridgehead atoms. The molecule has 0 saturated carbocycles. The molecule has 0 atom stereocenters. The van der Waals surface area contributed by atoms with Crippen molar-refractivity contribution in [1.82, 2.24) is 4.72 Å². The maximum atomic E-state index is 11.9. The smallest absolute Gasteiger partial charge is 0.240 e. The summed E-state index contributed by atoms with van der Waals surface area (Å²) < 4.78 is 26.4. The molecule has 0 radical (unpaired) electrons. The number of nitrogen functional groups attached to an aromatic ring is 1. The molecule has 4 nitrogen and oxygen atoms in total. The van der Waals surface area contributed by atoms with Crippen LogP contribution < -0.4 is 10.5 Å². The number of rotatable bonds is 5. The SMILES string of the molecule is Nc1ccc(S(=O)(=O)NCCc2cccs2)cc1. The van der Waals surface area contributed by atoms with Gasteiger partial charge in [-0.05, 0) is 42.1 Å². The molecular weight excluding hydrogens is 268 g/mol. The van der Waals surface area contributed by atoms with Crippen molar-refractivity contribution in [2.45, 2.75) is 11.3 Å². The Balaban J connectivity index is 1.97. The zero-order valence-electron chi connectivity index (χ0n) is 9.67. The molecule has 0 aliphatic rings. The number of anilines is 1. The molecule has 1 aromatic carbocycles. The summed E-state index contributed by atoms with van der Waals surface area (Å²) in [5.41, 5.74) is 6.07. The van der Waals surface area contributed by atoms with Gasteiger partial charge in [-0.15, -0.1) is 11.3 Å².